The van der Waals surface area contributed by atoms with Crippen LogP contribution in [-0.2, 0) is 23.1 Å². The highest BCUT2D eigenvalue weighted by Crippen LogP contribution is 2.16. The van der Waals surface area contributed by atoms with Crippen molar-refractivity contribution < 1.29 is 17.6 Å². The van der Waals surface area contributed by atoms with Crippen molar-refractivity contribution in [3.05, 3.63) is 101 Å². The molecule has 3 aromatic rings. The molecule has 0 spiro atoms. The fourth-order valence-electron chi connectivity index (χ4n) is 2.76. The molecule has 29 heavy (non-hydrogen) atoms. The number of rotatable bonds is 7. The molecule has 0 radical (unpaired) electrons. The number of carbonyl (C=O) groups excluding carboxylic acids is 1. The van der Waals surface area contributed by atoms with Crippen LogP contribution in [0.4, 0.5) is 4.39 Å². The topological polar surface area (TPSA) is 66.5 Å². The Balaban J connectivity index is 1.60. The van der Waals surface area contributed by atoms with Crippen molar-refractivity contribution in [3.8, 4) is 0 Å². The molecule has 0 bridgehead atoms. The number of carbonyl (C=O) groups is 1. The van der Waals surface area contributed by atoms with Gasteiger partial charge in [-0.2, -0.15) is 4.31 Å². The largest absolute Gasteiger partial charge is 0.348 e. The fraction of sp³-hybridized carbons (Fsp3) is 0.136. The summed E-state index contributed by atoms with van der Waals surface area (Å²) in [6.45, 7) is 0.480. The van der Waals surface area contributed by atoms with E-state index in [1.165, 1.54) is 23.5 Å². The molecule has 5 nitrogen and oxygen atoms in total. The van der Waals surface area contributed by atoms with Crippen LogP contribution in [0.3, 0.4) is 0 Å². The number of halogens is 1. The van der Waals surface area contributed by atoms with Gasteiger partial charge in [-0.25, -0.2) is 12.8 Å². The summed E-state index contributed by atoms with van der Waals surface area (Å²) < 4.78 is 39.4. The van der Waals surface area contributed by atoms with E-state index < -0.39 is 10.0 Å². The Hall–Kier alpha value is -3.03. The first-order valence-corrected chi connectivity index (χ1v) is 10.4. The SMILES string of the molecule is CN(Cc1ccc(C(=O)NCc2ccc(F)cc2)cc1)S(=O)(=O)c1ccccc1. The number of amides is 1. The Morgan fingerprint density at radius 2 is 1.48 bits per heavy atom. The molecule has 0 fully saturated rings. The van der Waals surface area contributed by atoms with Gasteiger partial charge >= 0.3 is 0 Å². The Morgan fingerprint density at radius 3 is 2.10 bits per heavy atom. The van der Waals surface area contributed by atoms with Gasteiger partial charge in [0.1, 0.15) is 5.82 Å². The number of hydrogen-bond acceptors (Lipinski definition) is 3. The molecule has 3 rings (SSSR count). The maximum absolute atomic E-state index is 12.9. The molecule has 150 valence electrons. The molecule has 0 unspecified atom stereocenters. The van der Waals surface area contributed by atoms with Crippen molar-refractivity contribution in [2.45, 2.75) is 18.0 Å². The molecule has 0 aromatic heterocycles. The molecule has 1 amide bonds. The molecule has 3 aromatic carbocycles. The summed E-state index contributed by atoms with van der Waals surface area (Å²) in [5.41, 5.74) is 2.02. The van der Waals surface area contributed by atoms with Crippen molar-refractivity contribution in [1.29, 1.82) is 0 Å². The van der Waals surface area contributed by atoms with Gasteiger partial charge in [0.25, 0.3) is 5.91 Å². The summed E-state index contributed by atoms with van der Waals surface area (Å²) in [4.78, 5) is 12.5. The minimum Gasteiger partial charge on any atom is -0.348 e. The lowest BCUT2D eigenvalue weighted by molar-refractivity contribution is 0.0951. The third-order valence-electron chi connectivity index (χ3n) is 4.44. The van der Waals surface area contributed by atoms with Gasteiger partial charge in [0.15, 0.2) is 0 Å². The first-order chi connectivity index (χ1) is 13.9. The number of nitrogens with zero attached hydrogens (tertiary/aromatic N) is 1. The molecule has 1 N–H and O–H groups in total. The molecular weight excluding hydrogens is 391 g/mol. The quantitative estimate of drug-likeness (QED) is 0.645. The predicted octanol–water partition coefficient (Wildman–Crippen LogP) is 3.58. The second-order valence-electron chi connectivity index (χ2n) is 6.58. The van der Waals surface area contributed by atoms with Gasteiger partial charge in [-0.1, -0.05) is 42.5 Å². The first-order valence-electron chi connectivity index (χ1n) is 8.99. The van der Waals surface area contributed by atoms with Crippen LogP contribution in [0.25, 0.3) is 0 Å². The molecule has 0 aliphatic carbocycles. The molecule has 0 aliphatic rings. The van der Waals surface area contributed by atoms with Crippen molar-refractivity contribution in [3.63, 3.8) is 0 Å². The summed E-state index contributed by atoms with van der Waals surface area (Å²) in [5, 5.41) is 2.77. The average Bonchev–Trinajstić information content (AvgIpc) is 2.74. The fourth-order valence-corrected chi connectivity index (χ4v) is 3.94. The Kier molecular flexibility index (Phi) is 6.41. The highest BCUT2D eigenvalue weighted by Gasteiger charge is 2.20. The smallest absolute Gasteiger partial charge is 0.251 e. The molecule has 7 heteroatoms. The van der Waals surface area contributed by atoms with Crippen LogP contribution in [0.2, 0.25) is 0 Å². The van der Waals surface area contributed by atoms with E-state index in [-0.39, 0.29) is 23.2 Å². The summed E-state index contributed by atoms with van der Waals surface area (Å²) in [6, 6.07) is 20.9. The zero-order valence-corrected chi connectivity index (χ0v) is 16.7. The van der Waals surface area contributed by atoms with E-state index in [1.54, 1.807) is 66.7 Å². The Labute approximate surface area is 169 Å². The summed E-state index contributed by atoms with van der Waals surface area (Å²) >= 11 is 0. The second-order valence-corrected chi connectivity index (χ2v) is 8.63. The van der Waals surface area contributed by atoms with E-state index in [2.05, 4.69) is 5.32 Å². The summed E-state index contributed by atoms with van der Waals surface area (Å²) in [7, 11) is -2.06. The van der Waals surface area contributed by atoms with E-state index in [4.69, 9.17) is 0 Å². The molecular formula is C22H21FN2O3S. The van der Waals surface area contributed by atoms with Crippen molar-refractivity contribution >= 4 is 15.9 Å². The van der Waals surface area contributed by atoms with Crippen LogP contribution in [-0.4, -0.2) is 25.7 Å². The third-order valence-corrected chi connectivity index (χ3v) is 6.26. The van der Waals surface area contributed by atoms with Gasteiger partial charge in [0.05, 0.1) is 4.90 Å². The zero-order valence-electron chi connectivity index (χ0n) is 15.9. The minimum absolute atomic E-state index is 0.189. The maximum Gasteiger partial charge on any atom is 0.251 e. The number of sulfonamides is 1. The van der Waals surface area contributed by atoms with Gasteiger partial charge in [-0.05, 0) is 47.5 Å². The molecule has 0 heterocycles. The lowest BCUT2D eigenvalue weighted by Crippen LogP contribution is -2.26. The molecule has 0 aliphatic heterocycles. The van der Waals surface area contributed by atoms with Crippen LogP contribution in [0.15, 0.2) is 83.8 Å². The van der Waals surface area contributed by atoms with Crippen molar-refractivity contribution in [1.82, 2.24) is 9.62 Å². The van der Waals surface area contributed by atoms with Gasteiger partial charge in [0, 0.05) is 25.7 Å². The van der Waals surface area contributed by atoms with Gasteiger partial charge in [-0.3, -0.25) is 4.79 Å². The van der Waals surface area contributed by atoms with Crippen molar-refractivity contribution in [2.75, 3.05) is 7.05 Å². The van der Waals surface area contributed by atoms with Crippen LogP contribution in [0.1, 0.15) is 21.5 Å². The maximum atomic E-state index is 12.9. The average molecular weight is 412 g/mol. The standard InChI is InChI=1S/C22H21FN2O3S/c1-25(29(27,28)21-5-3-2-4-6-21)16-18-7-11-19(12-8-18)22(26)24-15-17-9-13-20(23)14-10-17/h2-14H,15-16H2,1H3,(H,24,26). The lowest BCUT2D eigenvalue weighted by Gasteiger charge is -2.17. The molecule has 0 atom stereocenters. The van der Waals surface area contributed by atoms with Crippen LogP contribution >= 0.6 is 0 Å². The number of benzene rings is 3. The van der Waals surface area contributed by atoms with Gasteiger partial charge < -0.3 is 5.32 Å². The second kappa shape index (κ2) is 8.98. The van der Waals surface area contributed by atoms with Gasteiger partial charge in [0.2, 0.25) is 10.0 Å². The lowest BCUT2D eigenvalue weighted by atomic mass is 10.1. The van der Waals surface area contributed by atoms with Gasteiger partial charge in [-0.15, -0.1) is 0 Å². The normalized spacial score (nSPS) is 11.4. The zero-order chi connectivity index (χ0) is 20.9. The van der Waals surface area contributed by atoms with E-state index in [9.17, 15) is 17.6 Å². The van der Waals surface area contributed by atoms with Crippen LogP contribution in [0, 0.1) is 5.82 Å². The Bertz CT molecular complexity index is 1070. The molecule has 0 saturated heterocycles. The predicted molar refractivity (Wildman–Crippen MR) is 109 cm³/mol. The monoisotopic (exact) mass is 412 g/mol. The Morgan fingerprint density at radius 1 is 0.897 bits per heavy atom. The van der Waals surface area contributed by atoms with E-state index in [1.807, 2.05) is 0 Å². The third kappa shape index (κ3) is 5.28. The highest BCUT2D eigenvalue weighted by molar-refractivity contribution is 7.89. The van der Waals surface area contributed by atoms with E-state index in [0.29, 0.717) is 12.1 Å². The summed E-state index contributed by atoms with van der Waals surface area (Å²) in [6.07, 6.45) is 0. The van der Waals surface area contributed by atoms with Crippen LogP contribution in [0.5, 0.6) is 0 Å². The number of nitrogens with one attached hydrogen (secondary N) is 1. The first kappa shape index (κ1) is 20.7. The van der Waals surface area contributed by atoms with E-state index in [0.717, 1.165) is 11.1 Å². The molecule has 0 saturated carbocycles. The van der Waals surface area contributed by atoms with Crippen molar-refractivity contribution in [2.24, 2.45) is 0 Å². The minimum atomic E-state index is -3.58. The summed E-state index contributed by atoms with van der Waals surface area (Å²) in [5.74, 6) is -0.582. The van der Waals surface area contributed by atoms with Crippen LogP contribution < -0.4 is 5.32 Å². The highest BCUT2D eigenvalue weighted by atomic mass is 32.2. The number of hydrogen-bond donors (Lipinski definition) is 1. The van der Waals surface area contributed by atoms with E-state index >= 15 is 0 Å².